The molecule has 5 nitrogen and oxygen atoms in total. The van der Waals surface area contributed by atoms with Gasteiger partial charge in [-0.1, -0.05) is 103 Å². The highest BCUT2D eigenvalue weighted by Gasteiger charge is 2.20. The average molecular weight is 638 g/mol. The lowest BCUT2D eigenvalue weighted by molar-refractivity contribution is 0.954. The van der Waals surface area contributed by atoms with E-state index in [1.165, 1.54) is 20.2 Å². The quantitative estimate of drug-likeness (QED) is 0.193. The van der Waals surface area contributed by atoms with Crippen LogP contribution in [-0.4, -0.2) is 24.5 Å². The SMILES string of the molecule is c1ccc(-c2nc3c(-c4nc(-c5ccc6c(c5)sc5ccccc56)nc(-n5c6ccccc6c6ccccc65)n4)cccc3s2)cc1. The number of fused-ring (bicyclic) bond motifs is 7. The molecule has 47 heavy (non-hydrogen) atoms. The molecule has 220 valence electrons. The Kier molecular flexibility index (Phi) is 5.85. The fraction of sp³-hybridized carbons (Fsp3) is 0. The van der Waals surface area contributed by atoms with E-state index in [2.05, 4.69) is 126 Å². The van der Waals surface area contributed by atoms with Gasteiger partial charge in [0.1, 0.15) is 5.01 Å². The Morgan fingerprint density at radius 1 is 0.426 bits per heavy atom. The maximum Gasteiger partial charge on any atom is 0.238 e. The smallest absolute Gasteiger partial charge is 0.238 e. The first-order chi connectivity index (χ1) is 23.3. The molecule has 6 aromatic carbocycles. The van der Waals surface area contributed by atoms with E-state index in [1.54, 1.807) is 22.7 Å². The lowest BCUT2D eigenvalue weighted by Crippen LogP contribution is -2.06. The van der Waals surface area contributed by atoms with Gasteiger partial charge in [0, 0.05) is 47.6 Å². The van der Waals surface area contributed by atoms with E-state index in [0.717, 1.165) is 53.7 Å². The summed E-state index contributed by atoms with van der Waals surface area (Å²) >= 11 is 3.48. The number of aromatic nitrogens is 5. The van der Waals surface area contributed by atoms with Crippen LogP contribution in [0, 0.1) is 0 Å². The molecular formula is C40H23N5S2. The van der Waals surface area contributed by atoms with Crippen molar-refractivity contribution >= 4 is 74.9 Å². The van der Waals surface area contributed by atoms with Crippen LogP contribution in [0.15, 0.2) is 140 Å². The van der Waals surface area contributed by atoms with Crippen LogP contribution in [0.4, 0.5) is 0 Å². The minimum atomic E-state index is 0.578. The number of nitrogens with zero attached hydrogens (tertiary/aromatic N) is 5. The second-order valence-corrected chi connectivity index (χ2v) is 13.6. The molecule has 0 aliphatic heterocycles. The third-order valence-corrected chi connectivity index (χ3v) is 10.9. The number of benzene rings is 6. The number of hydrogen-bond acceptors (Lipinski definition) is 6. The molecule has 7 heteroatoms. The van der Waals surface area contributed by atoms with Crippen molar-refractivity contribution in [1.82, 2.24) is 24.5 Å². The van der Waals surface area contributed by atoms with Crippen molar-refractivity contribution in [2.45, 2.75) is 0 Å². The molecule has 0 unspecified atom stereocenters. The molecule has 4 heterocycles. The summed E-state index contributed by atoms with van der Waals surface area (Å²) in [6.45, 7) is 0. The number of thiophene rings is 1. The fourth-order valence-electron chi connectivity index (χ4n) is 6.55. The molecule has 0 amide bonds. The topological polar surface area (TPSA) is 56.5 Å². The molecule has 10 rings (SSSR count). The molecule has 0 saturated heterocycles. The highest BCUT2D eigenvalue weighted by atomic mass is 32.1. The molecular weight excluding hydrogens is 615 g/mol. The van der Waals surface area contributed by atoms with Gasteiger partial charge in [-0.15, -0.1) is 22.7 Å². The standard InChI is InChI=1S/C40H23N5S2/c1-2-11-24(12-3-1)39-41-36-30(16-10-20-34(36)47-39)38-42-37(25-21-22-29-28-15-6-9-19-33(28)46-35(29)23-25)43-40(44-38)45-31-17-7-4-13-26(31)27-14-5-8-18-32(27)45/h1-23H. The minimum Gasteiger partial charge on any atom is -0.278 e. The Morgan fingerprint density at radius 2 is 1.09 bits per heavy atom. The summed E-state index contributed by atoms with van der Waals surface area (Å²) in [5, 5.41) is 5.80. The van der Waals surface area contributed by atoms with Crippen molar-refractivity contribution in [1.29, 1.82) is 0 Å². The third kappa shape index (κ3) is 4.21. The molecule has 0 atom stereocenters. The number of thiazole rings is 1. The molecule has 0 saturated carbocycles. The highest BCUT2D eigenvalue weighted by molar-refractivity contribution is 7.25. The van der Waals surface area contributed by atoms with Crippen molar-refractivity contribution in [3.05, 3.63) is 140 Å². The number of hydrogen-bond donors (Lipinski definition) is 0. The van der Waals surface area contributed by atoms with E-state index >= 15 is 0 Å². The largest absolute Gasteiger partial charge is 0.278 e. The molecule has 0 fully saturated rings. The highest BCUT2D eigenvalue weighted by Crippen LogP contribution is 2.38. The van der Waals surface area contributed by atoms with E-state index in [1.807, 2.05) is 18.2 Å². The number of para-hydroxylation sites is 3. The Bertz CT molecular complexity index is 2760. The van der Waals surface area contributed by atoms with E-state index in [9.17, 15) is 0 Å². The minimum absolute atomic E-state index is 0.578. The molecule has 0 spiro atoms. The van der Waals surface area contributed by atoms with Gasteiger partial charge in [0.15, 0.2) is 11.6 Å². The lowest BCUT2D eigenvalue weighted by Gasteiger charge is -2.11. The first-order valence-corrected chi connectivity index (χ1v) is 17.0. The molecule has 4 aromatic heterocycles. The van der Waals surface area contributed by atoms with Gasteiger partial charge in [-0.05, 0) is 36.4 Å². The molecule has 0 bridgehead atoms. The van der Waals surface area contributed by atoms with E-state index in [0.29, 0.717) is 17.6 Å². The summed E-state index contributed by atoms with van der Waals surface area (Å²) in [6, 6.07) is 48.6. The Labute approximate surface area is 277 Å². The zero-order valence-corrected chi connectivity index (χ0v) is 26.5. The maximum atomic E-state index is 5.21. The first-order valence-electron chi connectivity index (χ1n) is 15.4. The van der Waals surface area contributed by atoms with Crippen molar-refractivity contribution in [3.63, 3.8) is 0 Å². The normalized spacial score (nSPS) is 11.8. The Balaban J connectivity index is 1.25. The van der Waals surface area contributed by atoms with Crippen LogP contribution in [0.2, 0.25) is 0 Å². The van der Waals surface area contributed by atoms with Crippen LogP contribution in [-0.2, 0) is 0 Å². The first kappa shape index (κ1) is 26.5. The predicted octanol–water partition coefficient (Wildman–Crippen LogP) is 10.9. The third-order valence-electron chi connectivity index (χ3n) is 8.72. The van der Waals surface area contributed by atoms with Gasteiger partial charge < -0.3 is 0 Å². The number of rotatable bonds is 4. The van der Waals surface area contributed by atoms with Gasteiger partial charge in [-0.2, -0.15) is 9.97 Å². The van der Waals surface area contributed by atoms with Gasteiger partial charge in [0.2, 0.25) is 5.95 Å². The summed E-state index contributed by atoms with van der Waals surface area (Å²) in [4.78, 5) is 20.7. The molecule has 0 aliphatic rings. The summed E-state index contributed by atoms with van der Waals surface area (Å²) in [5.74, 6) is 1.80. The van der Waals surface area contributed by atoms with Gasteiger partial charge in [0.25, 0.3) is 0 Å². The predicted molar refractivity (Wildman–Crippen MR) is 197 cm³/mol. The average Bonchev–Trinajstić information content (AvgIpc) is 3.83. The van der Waals surface area contributed by atoms with E-state index in [-0.39, 0.29) is 0 Å². The van der Waals surface area contributed by atoms with Gasteiger partial charge >= 0.3 is 0 Å². The lowest BCUT2D eigenvalue weighted by atomic mass is 10.1. The summed E-state index contributed by atoms with van der Waals surface area (Å²) in [6.07, 6.45) is 0. The van der Waals surface area contributed by atoms with Crippen LogP contribution in [0.25, 0.3) is 91.5 Å². The van der Waals surface area contributed by atoms with Crippen LogP contribution >= 0.6 is 22.7 Å². The second-order valence-electron chi connectivity index (χ2n) is 11.5. The van der Waals surface area contributed by atoms with Crippen LogP contribution < -0.4 is 0 Å². The van der Waals surface area contributed by atoms with Gasteiger partial charge in [-0.3, -0.25) is 4.57 Å². The summed E-state index contributed by atoms with van der Waals surface area (Å²) in [7, 11) is 0. The zero-order chi connectivity index (χ0) is 30.9. The van der Waals surface area contributed by atoms with Crippen LogP contribution in [0.5, 0.6) is 0 Å². The summed E-state index contributed by atoms with van der Waals surface area (Å²) < 4.78 is 5.73. The van der Waals surface area contributed by atoms with Crippen LogP contribution in [0.3, 0.4) is 0 Å². The monoisotopic (exact) mass is 637 g/mol. The second kappa shape index (κ2) is 10.4. The molecule has 0 radical (unpaired) electrons. The Morgan fingerprint density at radius 3 is 1.89 bits per heavy atom. The van der Waals surface area contributed by atoms with Crippen molar-refractivity contribution in [2.75, 3.05) is 0 Å². The van der Waals surface area contributed by atoms with Gasteiger partial charge in [0.05, 0.1) is 21.3 Å². The van der Waals surface area contributed by atoms with Crippen LogP contribution in [0.1, 0.15) is 0 Å². The van der Waals surface area contributed by atoms with Crippen molar-refractivity contribution in [2.24, 2.45) is 0 Å². The zero-order valence-electron chi connectivity index (χ0n) is 24.8. The van der Waals surface area contributed by atoms with Gasteiger partial charge in [-0.25, -0.2) is 9.97 Å². The Hall–Kier alpha value is -5.76. The molecule has 0 aliphatic carbocycles. The van der Waals surface area contributed by atoms with Crippen molar-refractivity contribution < 1.29 is 0 Å². The van der Waals surface area contributed by atoms with Crippen molar-refractivity contribution in [3.8, 4) is 39.3 Å². The van der Waals surface area contributed by atoms with E-state index < -0.39 is 0 Å². The van der Waals surface area contributed by atoms with E-state index in [4.69, 9.17) is 19.9 Å². The molecule has 10 aromatic rings. The fourth-order valence-corrected chi connectivity index (χ4v) is 8.69. The summed E-state index contributed by atoms with van der Waals surface area (Å²) in [5.41, 5.74) is 5.92. The maximum absolute atomic E-state index is 5.21. The molecule has 0 N–H and O–H groups in total.